The van der Waals surface area contributed by atoms with Crippen LogP contribution in [0.4, 0.5) is 0 Å². The molecule has 0 aliphatic rings. The Bertz CT molecular complexity index is 243. The Morgan fingerprint density at radius 1 is 1.05 bits per heavy atom. The predicted octanol–water partition coefficient (Wildman–Crippen LogP) is 2.73. The fourth-order valence-electron chi connectivity index (χ4n) is 1.91. The highest BCUT2D eigenvalue weighted by Crippen LogP contribution is 2.04. The van der Waals surface area contributed by atoms with E-state index in [9.17, 15) is 4.79 Å². The van der Waals surface area contributed by atoms with Gasteiger partial charge in [-0.05, 0) is 32.2 Å². The van der Waals surface area contributed by atoms with Crippen molar-refractivity contribution in [1.82, 2.24) is 10.6 Å². The molecule has 3 N–H and O–H groups in total. The molecule has 0 saturated heterocycles. The number of hydrogen-bond acceptors (Lipinski definition) is 3. The van der Waals surface area contributed by atoms with E-state index in [1.54, 1.807) is 0 Å². The highest BCUT2D eigenvalue weighted by molar-refractivity contribution is 5.75. The SMILES string of the molecule is CC/C=C/CCC(=O)NCNCCCCCCCCO. The first-order chi connectivity index (χ1) is 9.81. The van der Waals surface area contributed by atoms with Crippen LogP contribution in [0.3, 0.4) is 0 Å². The maximum Gasteiger partial charge on any atom is 0.221 e. The van der Waals surface area contributed by atoms with Gasteiger partial charge in [0.1, 0.15) is 0 Å². The largest absolute Gasteiger partial charge is 0.396 e. The number of aliphatic hydroxyl groups is 1. The minimum absolute atomic E-state index is 0.113. The van der Waals surface area contributed by atoms with Crippen molar-refractivity contribution in [2.45, 2.75) is 64.7 Å². The minimum atomic E-state index is 0.113. The summed E-state index contributed by atoms with van der Waals surface area (Å²) in [6.07, 6.45) is 13.4. The maximum atomic E-state index is 11.4. The second kappa shape index (κ2) is 16.2. The summed E-state index contributed by atoms with van der Waals surface area (Å²) < 4.78 is 0. The molecule has 0 aliphatic carbocycles. The summed E-state index contributed by atoms with van der Waals surface area (Å²) in [5.74, 6) is 0.113. The number of unbranched alkanes of at least 4 members (excludes halogenated alkanes) is 5. The Kier molecular flexibility index (Phi) is 15.5. The number of aliphatic hydroxyl groups excluding tert-OH is 1. The van der Waals surface area contributed by atoms with Gasteiger partial charge >= 0.3 is 0 Å². The van der Waals surface area contributed by atoms with Gasteiger partial charge in [0.15, 0.2) is 0 Å². The van der Waals surface area contributed by atoms with Crippen molar-refractivity contribution in [3.8, 4) is 0 Å². The molecule has 4 heteroatoms. The number of nitrogens with one attached hydrogen (secondary N) is 2. The zero-order valence-corrected chi connectivity index (χ0v) is 13.0. The van der Waals surface area contributed by atoms with Crippen LogP contribution in [-0.2, 0) is 4.79 Å². The number of amides is 1. The molecule has 0 fully saturated rings. The van der Waals surface area contributed by atoms with Crippen molar-refractivity contribution < 1.29 is 9.90 Å². The molecule has 0 saturated carbocycles. The van der Waals surface area contributed by atoms with Crippen molar-refractivity contribution >= 4 is 5.91 Å². The Morgan fingerprint density at radius 3 is 2.45 bits per heavy atom. The third-order valence-electron chi connectivity index (χ3n) is 3.11. The normalized spacial score (nSPS) is 11.1. The molecule has 0 aromatic rings. The average molecular weight is 284 g/mol. The fraction of sp³-hybridized carbons (Fsp3) is 0.812. The van der Waals surface area contributed by atoms with Crippen LogP contribution in [0.1, 0.15) is 64.7 Å². The zero-order valence-electron chi connectivity index (χ0n) is 13.0. The highest BCUT2D eigenvalue weighted by atomic mass is 16.2. The van der Waals surface area contributed by atoms with E-state index in [1.807, 2.05) is 0 Å². The lowest BCUT2D eigenvalue weighted by molar-refractivity contribution is -0.121. The van der Waals surface area contributed by atoms with Crippen molar-refractivity contribution in [1.29, 1.82) is 0 Å². The predicted molar refractivity (Wildman–Crippen MR) is 84.5 cm³/mol. The fourth-order valence-corrected chi connectivity index (χ4v) is 1.91. The Balaban J connectivity index is 3.15. The summed E-state index contributed by atoms with van der Waals surface area (Å²) in [7, 11) is 0. The molecule has 118 valence electrons. The van der Waals surface area contributed by atoms with Crippen LogP contribution in [0.2, 0.25) is 0 Å². The minimum Gasteiger partial charge on any atom is -0.396 e. The first-order valence-corrected chi connectivity index (χ1v) is 8.04. The lowest BCUT2D eigenvalue weighted by atomic mass is 10.1. The first-order valence-electron chi connectivity index (χ1n) is 8.04. The molecule has 0 bridgehead atoms. The van der Waals surface area contributed by atoms with Crippen LogP contribution in [0.15, 0.2) is 12.2 Å². The molecule has 0 spiro atoms. The van der Waals surface area contributed by atoms with E-state index < -0.39 is 0 Å². The summed E-state index contributed by atoms with van der Waals surface area (Å²) in [6.45, 7) is 3.93. The molecule has 0 rings (SSSR count). The van der Waals surface area contributed by atoms with Gasteiger partial charge in [-0.3, -0.25) is 10.1 Å². The van der Waals surface area contributed by atoms with Crippen LogP contribution in [0.25, 0.3) is 0 Å². The molecule has 0 aliphatic heterocycles. The third-order valence-corrected chi connectivity index (χ3v) is 3.11. The van der Waals surface area contributed by atoms with Gasteiger partial charge in [-0.2, -0.15) is 0 Å². The number of allylic oxidation sites excluding steroid dienone is 2. The molecule has 4 nitrogen and oxygen atoms in total. The molecule has 1 amide bonds. The standard InChI is InChI=1S/C16H32N2O2/c1-2-3-4-9-12-16(20)18-15-17-13-10-7-5-6-8-11-14-19/h3-4,17,19H,2,5-15H2,1H3,(H,18,20)/b4-3+. The quantitative estimate of drug-likeness (QED) is 0.261. The topological polar surface area (TPSA) is 61.4 Å². The Labute approximate surface area is 124 Å². The number of rotatable bonds is 14. The van der Waals surface area contributed by atoms with Gasteiger partial charge in [0, 0.05) is 13.0 Å². The van der Waals surface area contributed by atoms with E-state index in [2.05, 4.69) is 29.7 Å². The van der Waals surface area contributed by atoms with Crippen molar-refractivity contribution in [3.63, 3.8) is 0 Å². The van der Waals surface area contributed by atoms with Crippen molar-refractivity contribution in [3.05, 3.63) is 12.2 Å². The smallest absolute Gasteiger partial charge is 0.221 e. The van der Waals surface area contributed by atoms with Crippen molar-refractivity contribution in [2.24, 2.45) is 0 Å². The van der Waals surface area contributed by atoms with E-state index >= 15 is 0 Å². The summed E-state index contributed by atoms with van der Waals surface area (Å²) >= 11 is 0. The molecule has 0 aromatic heterocycles. The summed E-state index contributed by atoms with van der Waals surface area (Å²) in [4.78, 5) is 11.4. The summed E-state index contributed by atoms with van der Waals surface area (Å²) in [5.41, 5.74) is 0. The van der Waals surface area contributed by atoms with Crippen LogP contribution in [-0.4, -0.2) is 30.8 Å². The number of carbonyl (C=O) groups is 1. The van der Waals surface area contributed by atoms with E-state index in [-0.39, 0.29) is 5.91 Å². The van der Waals surface area contributed by atoms with Crippen LogP contribution < -0.4 is 10.6 Å². The molecule has 0 radical (unpaired) electrons. The van der Waals surface area contributed by atoms with Crippen LogP contribution in [0.5, 0.6) is 0 Å². The van der Waals surface area contributed by atoms with Gasteiger partial charge in [0.25, 0.3) is 0 Å². The van der Waals surface area contributed by atoms with Gasteiger partial charge in [0.2, 0.25) is 5.91 Å². The molecule has 20 heavy (non-hydrogen) atoms. The number of hydrogen-bond donors (Lipinski definition) is 3. The second-order valence-electron chi connectivity index (χ2n) is 5.04. The monoisotopic (exact) mass is 284 g/mol. The second-order valence-corrected chi connectivity index (χ2v) is 5.04. The van der Waals surface area contributed by atoms with Gasteiger partial charge in [-0.1, -0.05) is 44.8 Å². The lowest BCUT2D eigenvalue weighted by Crippen LogP contribution is -2.34. The van der Waals surface area contributed by atoms with Crippen molar-refractivity contribution in [2.75, 3.05) is 19.8 Å². The van der Waals surface area contributed by atoms with E-state index in [4.69, 9.17) is 5.11 Å². The van der Waals surface area contributed by atoms with Crippen LogP contribution >= 0.6 is 0 Å². The zero-order chi connectivity index (χ0) is 14.9. The van der Waals surface area contributed by atoms with Gasteiger partial charge in [-0.15, -0.1) is 0 Å². The third kappa shape index (κ3) is 15.2. The molecule has 0 unspecified atom stereocenters. The summed E-state index contributed by atoms with van der Waals surface area (Å²) in [5, 5.41) is 14.7. The van der Waals surface area contributed by atoms with E-state index in [0.29, 0.717) is 19.7 Å². The first kappa shape index (κ1) is 19.1. The molecular weight excluding hydrogens is 252 g/mol. The van der Waals surface area contributed by atoms with Gasteiger partial charge in [-0.25, -0.2) is 0 Å². The molecule has 0 heterocycles. The van der Waals surface area contributed by atoms with Gasteiger partial charge < -0.3 is 10.4 Å². The van der Waals surface area contributed by atoms with E-state index in [1.165, 1.54) is 19.3 Å². The Morgan fingerprint density at radius 2 is 1.75 bits per heavy atom. The average Bonchev–Trinajstić information content (AvgIpc) is 2.45. The lowest BCUT2D eigenvalue weighted by Gasteiger charge is -2.06. The Hall–Kier alpha value is -0.870. The molecule has 0 atom stereocenters. The van der Waals surface area contributed by atoms with Crippen LogP contribution in [0, 0.1) is 0 Å². The van der Waals surface area contributed by atoms with E-state index in [0.717, 1.165) is 38.6 Å². The molecular formula is C16H32N2O2. The summed E-state index contributed by atoms with van der Waals surface area (Å²) in [6, 6.07) is 0. The highest BCUT2D eigenvalue weighted by Gasteiger charge is 1.97. The maximum absolute atomic E-state index is 11.4. The van der Waals surface area contributed by atoms with Gasteiger partial charge in [0.05, 0.1) is 6.67 Å². The molecule has 0 aromatic carbocycles. The number of carbonyl (C=O) groups excluding carboxylic acids is 1.